The number of phenolic OH excluding ortho intramolecular Hbond substituents is 1. The van der Waals surface area contributed by atoms with Gasteiger partial charge in [-0.3, -0.25) is 4.79 Å². The molecule has 29 heavy (non-hydrogen) atoms. The van der Waals surface area contributed by atoms with Gasteiger partial charge in [-0.15, -0.1) is 0 Å². The van der Waals surface area contributed by atoms with E-state index in [1.165, 1.54) is 5.57 Å². The number of benzene rings is 1. The lowest BCUT2D eigenvalue weighted by atomic mass is 9.87. The Hall–Kier alpha value is -2.23. The highest BCUT2D eigenvalue weighted by molar-refractivity contribution is 5.67. The maximum absolute atomic E-state index is 10.6. The van der Waals surface area contributed by atoms with Crippen molar-refractivity contribution in [1.29, 1.82) is 0 Å². The summed E-state index contributed by atoms with van der Waals surface area (Å²) in [6.07, 6.45) is 11.1. The average Bonchev–Trinajstić information content (AvgIpc) is 2.65. The summed E-state index contributed by atoms with van der Waals surface area (Å²) in [6, 6.07) is 1.85. The van der Waals surface area contributed by atoms with Crippen LogP contribution in [-0.4, -0.2) is 21.8 Å². The second-order valence-corrected chi connectivity index (χ2v) is 8.76. The number of rotatable bonds is 9. The molecule has 0 saturated heterocycles. The van der Waals surface area contributed by atoms with Gasteiger partial charge in [0.2, 0.25) is 0 Å². The van der Waals surface area contributed by atoms with Crippen LogP contribution in [0.5, 0.6) is 11.5 Å². The maximum Gasteiger partial charge on any atom is 0.303 e. The molecule has 2 N–H and O–H groups in total. The second-order valence-electron chi connectivity index (χ2n) is 8.76. The van der Waals surface area contributed by atoms with Crippen LogP contribution in [-0.2, 0) is 11.2 Å². The molecule has 0 amide bonds. The molecule has 0 aliphatic carbocycles. The molecule has 0 fully saturated rings. The van der Waals surface area contributed by atoms with Crippen molar-refractivity contribution in [2.45, 2.75) is 91.6 Å². The number of carbonyl (C=O) groups is 1. The fraction of sp³-hybridized carbons (Fsp3) is 0.560. The third-order valence-corrected chi connectivity index (χ3v) is 6.09. The van der Waals surface area contributed by atoms with Gasteiger partial charge in [-0.25, -0.2) is 0 Å². The molecule has 0 spiro atoms. The SMILES string of the molecule is CC(=CCCC1(C)CCc2cc(O)c(C)c(C)c2O1)CCC=C(C)CCC(=O)O. The number of ether oxygens (including phenoxy) is 1. The maximum atomic E-state index is 10.6. The van der Waals surface area contributed by atoms with Gasteiger partial charge in [0.25, 0.3) is 0 Å². The van der Waals surface area contributed by atoms with Gasteiger partial charge in [0.1, 0.15) is 17.1 Å². The zero-order valence-corrected chi connectivity index (χ0v) is 18.6. The number of hydrogen-bond acceptors (Lipinski definition) is 3. The van der Waals surface area contributed by atoms with E-state index in [1.807, 2.05) is 26.8 Å². The Kier molecular flexibility index (Phi) is 7.95. The lowest BCUT2D eigenvalue weighted by Gasteiger charge is -2.37. The topological polar surface area (TPSA) is 66.8 Å². The van der Waals surface area contributed by atoms with E-state index < -0.39 is 5.97 Å². The standard InChI is InChI=1S/C25H36O4/c1-17(8-6-9-18(2)11-12-23(27)28)10-7-14-25(5)15-13-21-16-22(26)19(3)20(4)24(21)29-25/h9-10,16,26H,6-8,11-15H2,1-5H3,(H,27,28). The van der Waals surface area contributed by atoms with Crippen molar-refractivity contribution in [2.24, 2.45) is 0 Å². The third-order valence-electron chi connectivity index (χ3n) is 6.09. The Labute approximate surface area is 175 Å². The number of phenols is 1. The zero-order chi connectivity index (χ0) is 21.6. The van der Waals surface area contributed by atoms with E-state index in [0.29, 0.717) is 12.2 Å². The Morgan fingerprint density at radius 1 is 1.10 bits per heavy atom. The van der Waals surface area contributed by atoms with Gasteiger partial charge in [0.05, 0.1) is 0 Å². The van der Waals surface area contributed by atoms with Crippen molar-refractivity contribution in [1.82, 2.24) is 0 Å². The highest BCUT2D eigenvalue weighted by atomic mass is 16.5. The Balaban J connectivity index is 1.86. The van der Waals surface area contributed by atoms with Crippen molar-refractivity contribution >= 4 is 5.97 Å². The zero-order valence-electron chi connectivity index (χ0n) is 18.6. The van der Waals surface area contributed by atoms with Gasteiger partial charge < -0.3 is 14.9 Å². The highest BCUT2D eigenvalue weighted by Crippen LogP contribution is 2.41. The van der Waals surface area contributed by atoms with Crippen molar-refractivity contribution in [3.05, 3.63) is 46.1 Å². The van der Waals surface area contributed by atoms with Crippen LogP contribution >= 0.6 is 0 Å². The molecule has 2 rings (SSSR count). The Morgan fingerprint density at radius 2 is 1.76 bits per heavy atom. The lowest BCUT2D eigenvalue weighted by molar-refractivity contribution is -0.136. The van der Waals surface area contributed by atoms with Crippen LogP contribution in [0.3, 0.4) is 0 Å². The predicted molar refractivity (Wildman–Crippen MR) is 118 cm³/mol. The smallest absolute Gasteiger partial charge is 0.303 e. The molecule has 4 nitrogen and oxygen atoms in total. The summed E-state index contributed by atoms with van der Waals surface area (Å²) >= 11 is 0. The summed E-state index contributed by atoms with van der Waals surface area (Å²) in [6.45, 7) is 10.3. The first kappa shape index (κ1) is 23.1. The van der Waals surface area contributed by atoms with Crippen molar-refractivity contribution in [3.8, 4) is 11.5 Å². The van der Waals surface area contributed by atoms with E-state index in [1.54, 1.807) is 0 Å². The van der Waals surface area contributed by atoms with Crippen LogP contribution < -0.4 is 4.74 Å². The molecule has 1 aliphatic heterocycles. The first-order valence-electron chi connectivity index (χ1n) is 10.7. The molecule has 0 radical (unpaired) electrons. The minimum absolute atomic E-state index is 0.175. The summed E-state index contributed by atoms with van der Waals surface area (Å²) in [7, 11) is 0. The molecule has 1 heterocycles. The number of fused-ring (bicyclic) bond motifs is 1. The molecule has 1 atom stereocenters. The van der Waals surface area contributed by atoms with E-state index in [4.69, 9.17) is 9.84 Å². The molecule has 1 aromatic carbocycles. The molecule has 1 aliphatic rings. The van der Waals surface area contributed by atoms with Crippen LogP contribution in [0.2, 0.25) is 0 Å². The first-order valence-corrected chi connectivity index (χ1v) is 10.7. The summed E-state index contributed by atoms with van der Waals surface area (Å²) < 4.78 is 6.43. The number of aryl methyl sites for hydroxylation is 1. The summed E-state index contributed by atoms with van der Waals surface area (Å²) in [5.41, 5.74) is 5.39. The van der Waals surface area contributed by atoms with Gasteiger partial charge in [-0.2, -0.15) is 0 Å². The van der Waals surface area contributed by atoms with Crippen LogP contribution in [0.4, 0.5) is 0 Å². The van der Waals surface area contributed by atoms with Gasteiger partial charge in [-0.05, 0) is 102 Å². The quantitative estimate of drug-likeness (QED) is 0.470. The molecule has 1 unspecified atom stereocenters. The molecule has 0 aromatic heterocycles. The monoisotopic (exact) mass is 400 g/mol. The normalized spacial score (nSPS) is 19.6. The van der Waals surface area contributed by atoms with E-state index in [0.717, 1.165) is 66.5 Å². The third kappa shape index (κ3) is 6.66. The van der Waals surface area contributed by atoms with Gasteiger partial charge in [0.15, 0.2) is 0 Å². The molecule has 0 saturated carbocycles. The number of aliphatic carboxylic acids is 1. The summed E-state index contributed by atoms with van der Waals surface area (Å²) in [5.74, 6) is 0.577. The number of hydrogen-bond donors (Lipinski definition) is 2. The van der Waals surface area contributed by atoms with E-state index in [-0.39, 0.29) is 12.0 Å². The molecule has 160 valence electrons. The van der Waals surface area contributed by atoms with E-state index in [2.05, 4.69) is 26.0 Å². The number of carboxylic acid groups (broad SMARTS) is 1. The van der Waals surface area contributed by atoms with Crippen LogP contribution in [0, 0.1) is 13.8 Å². The van der Waals surface area contributed by atoms with Crippen LogP contribution in [0.25, 0.3) is 0 Å². The van der Waals surface area contributed by atoms with Crippen molar-refractivity contribution in [2.75, 3.05) is 0 Å². The van der Waals surface area contributed by atoms with Crippen LogP contribution in [0.15, 0.2) is 29.4 Å². The molecule has 1 aromatic rings. The molecule has 0 bridgehead atoms. The number of carboxylic acids is 1. The fourth-order valence-electron chi connectivity index (χ4n) is 3.82. The molecule has 4 heteroatoms. The fourth-order valence-corrected chi connectivity index (χ4v) is 3.82. The minimum Gasteiger partial charge on any atom is -0.508 e. The largest absolute Gasteiger partial charge is 0.508 e. The van der Waals surface area contributed by atoms with Crippen LogP contribution in [0.1, 0.15) is 82.4 Å². The van der Waals surface area contributed by atoms with Gasteiger partial charge in [-0.1, -0.05) is 23.3 Å². The Bertz CT molecular complexity index is 804. The Morgan fingerprint density at radius 3 is 2.45 bits per heavy atom. The summed E-state index contributed by atoms with van der Waals surface area (Å²) in [5, 5.41) is 18.8. The lowest BCUT2D eigenvalue weighted by Crippen LogP contribution is -2.36. The van der Waals surface area contributed by atoms with E-state index >= 15 is 0 Å². The average molecular weight is 401 g/mol. The minimum atomic E-state index is -0.739. The van der Waals surface area contributed by atoms with Gasteiger partial charge in [0, 0.05) is 6.42 Å². The van der Waals surface area contributed by atoms with Crippen molar-refractivity contribution in [3.63, 3.8) is 0 Å². The number of allylic oxidation sites excluding steroid dienone is 4. The summed E-state index contributed by atoms with van der Waals surface area (Å²) in [4.78, 5) is 10.6. The first-order chi connectivity index (χ1) is 13.6. The van der Waals surface area contributed by atoms with E-state index in [9.17, 15) is 9.90 Å². The molecular weight excluding hydrogens is 364 g/mol. The van der Waals surface area contributed by atoms with Gasteiger partial charge >= 0.3 is 5.97 Å². The second kappa shape index (κ2) is 10.00. The highest BCUT2D eigenvalue weighted by Gasteiger charge is 2.32. The molecular formula is C25H36O4. The number of aromatic hydroxyl groups is 1. The van der Waals surface area contributed by atoms with Crippen molar-refractivity contribution < 1.29 is 19.7 Å². The predicted octanol–water partition coefficient (Wildman–Crippen LogP) is 6.41.